The molecule has 146 valence electrons. The van der Waals surface area contributed by atoms with Crippen molar-refractivity contribution in [3.63, 3.8) is 0 Å². The lowest BCUT2D eigenvalue weighted by atomic mass is 10.1. The van der Waals surface area contributed by atoms with Gasteiger partial charge in [0, 0.05) is 6.54 Å². The summed E-state index contributed by atoms with van der Waals surface area (Å²) in [4.78, 5) is 12.2. The van der Waals surface area contributed by atoms with E-state index in [-0.39, 0.29) is 5.91 Å². The molecule has 3 rings (SSSR count). The molecule has 1 aromatic heterocycles. The van der Waals surface area contributed by atoms with Gasteiger partial charge in [-0.15, -0.1) is 0 Å². The summed E-state index contributed by atoms with van der Waals surface area (Å²) >= 11 is 0. The quantitative estimate of drug-likeness (QED) is 0.644. The average Bonchev–Trinajstić information content (AvgIpc) is 3.04. The second kappa shape index (κ2) is 9.08. The molecule has 6 nitrogen and oxygen atoms in total. The van der Waals surface area contributed by atoms with E-state index in [4.69, 9.17) is 14.0 Å². The van der Waals surface area contributed by atoms with Crippen molar-refractivity contribution >= 4 is 5.91 Å². The summed E-state index contributed by atoms with van der Waals surface area (Å²) in [6.45, 7) is 4.65. The number of hydrogen-bond acceptors (Lipinski definition) is 5. The lowest BCUT2D eigenvalue weighted by Gasteiger charge is -2.08. The first-order valence-electron chi connectivity index (χ1n) is 9.08. The van der Waals surface area contributed by atoms with Crippen molar-refractivity contribution < 1.29 is 18.8 Å². The Labute approximate surface area is 164 Å². The van der Waals surface area contributed by atoms with Crippen LogP contribution in [0.4, 0.5) is 0 Å². The molecule has 1 N–H and O–H groups in total. The summed E-state index contributed by atoms with van der Waals surface area (Å²) < 4.78 is 16.0. The molecule has 0 unspecified atom stereocenters. The lowest BCUT2D eigenvalue weighted by molar-refractivity contribution is -0.120. The molecule has 28 heavy (non-hydrogen) atoms. The van der Waals surface area contributed by atoms with Gasteiger partial charge in [0.15, 0.2) is 0 Å². The Bertz CT molecular complexity index is 895. The van der Waals surface area contributed by atoms with Crippen LogP contribution in [0.25, 0.3) is 0 Å². The van der Waals surface area contributed by atoms with Gasteiger partial charge in [0.1, 0.15) is 23.9 Å². The van der Waals surface area contributed by atoms with E-state index < -0.39 is 0 Å². The fraction of sp³-hybridized carbons (Fsp3) is 0.273. The van der Waals surface area contributed by atoms with Gasteiger partial charge < -0.3 is 19.3 Å². The fourth-order valence-electron chi connectivity index (χ4n) is 2.76. The van der Waals surface area contributed by atoms with Crippen LogP contribution in [0.5, 0.6) is 11.5 Å². The van der Waals surface area contributed by atoms with Gasteiger partial charge in [0.05, 0.1) is 24.8 Å². The van der Waals surface area contributed by atoms with E-state index in [9.17, 15) is 4.79 Å². The maximum absolute atomic E-state index is 12.2. The molecule has 3 aromatic rings. The van der Waals surface area contributed by atoms with Gasteiger partial charge in [-0.1, -0.05) is 29.4 Å². The zero-order valence-electron chi connectivity index (χ0n) is 16.3. The lowest BCUT2D eigenvalue weighted by Crippen LogP contribution is -2.24. The van der Waals surface area contributed by atoms with Crippen LogP contribution in [0.1, 0.15) is 28.1 Å². The number of carbonyl (C=O) groups excluding carboxylic acids is 1. The highest BCUT2D eigenvalue weighted by Crippen LogP contribution is 2.18. The molecule has 0 saturated heterocycles. The highest BCUT2D eigenvalue weighted by molar-refractivity contribution is 5.78. The Hall–Kier alpha value is -3.28. The van der Waals surface area contributed by atoms with Gasteiger partial charge in [0.2, 0.25) is 5.91 Å². The molecule has 6 heteroatoms. The predicted octanol–water partition coefficient (Wildman–Crippen LogP) is 3.74. The number of hydrogen-bond donors (Lipinski definition) is 1. The van der Waals surface area contributed by atoms with Gasteiger partial charge in [-0.2, -0.15) is 0 Å². The van der Waals surface area contributed by atoms with Gasteiger partial charge in [-0.3, -0.25) is 4.79 Å². The molecular weight excluding hydrogens is 356 g/mol. The van der Waals surface area contributed by atoms with Gasteiger partial charge in [0.25, 0.3) is 0 Å². The second-order valence-electron chi connectivity index (χ2n) is 6.54. The molecule has 0 atom stereocenters. The number of carbonyl (C=O) groups is 1. The maximum Gasteiger partial charge on any atom is 0.224 e. The summed E-state index contributed by atoms with van der Waals surface area (Å²) in [5.41, 5.74) is 3.75. The Morgan fingerprint density at radius 1 is 1.00 bits per heavy atom. The Balaban J connectivity index is 1.47. The molecule has 2 aromatic carbocycles. The van der Waals surface area contributed by atoms with Crippen LogP contribution in [0.2, 0.25) is 0 Å². The van der Waals surface area contributed by atoms with E-state index >= 15 is 0 Å². The van der Waals surface area contributed by atoms with Gasteiger partial charge >= 0.3 is 0 Å². The first-order valence-corrected chi connectivity index (χ1v) is 9.08. The van der Waals surface area contributed by atoms with Crippen molar-refractivity contribution in [1.82, 2.24) is 10.5 Å². The van der Waals surface area contributed by atoms with Crippen molar-refractivity contribution in [3.05, 3.63) is 76.7 Å². The van der Waals surface area contributed by atoms with E-state index in [1.807, 2.05) is 62.4 Å². The smallest absolute Gasteiger partial charge is 0.224 e. The van der Waals surface area contributed by atoms with E-state index in [2.05, 4.69) is 10.5 Å². The molecule has 0 saturated carbocycles. The summed E-state index contributed by atoms with van der Waals surface area (Å²) in [7, 11) is 1.63. The molecule has 0 spiro atoms. The van der Waals surface area contributed by atoms with E-state index in [1.165, 1.54) is 0 Å². The minimum atomic E-state index is -0.0276. The van der Waals surface area contributed by atoms with Crippen LogP contribution in [0.3, 0.4) is 0 Å². The minimum Gasteiger partial charge on any atom is -0.497 e. The molecule has 1 heterocycles. The molecule has 0 radical (unpaired) electrons. The number of rotatable bonds is 8. The highest BCUT2D eigenvalue weighted by Gasteiger charge is 2.10. The Morgan fingerprint density at radius 2 is 1.64 bits per heavy atom. The van der Waals surface area contributed by atoms with Crippen LogP contribution >= 0.6 is 0 Å². The van der Waals surface area contributed by atoms with Crippen molar-refractivity contribution in [2.24, 2.45) is 0 Å². The maximum atomic E-state index is 12.2. The van der Waals surface area contributed by atoms with Crippen LogP contribution in [0.15, 0.2) is 53.1 Å². The number of aryl methyl sites for hydroxylation is 2. The SMILES string of the molecule is COc1ccc(CNC(=O)Cc2ccc(OCc3c(C)noc3C)cc2)cc1. The molecule has 0 aliphatic carbocycles. The van der Waals surface area contributed by atoms with Crippen molar-refractivity contribution in [1.29, 1.82) is 0 Å². The summed E-state index contributed by atoms with van der Waals surface area (Å²) in [6.07, 6.45) is 0.320. The number of benzene rings is 2. The molecule has 0 aliphatic rings. The number of amides is 1. The summed E-state index contributed by atoms with van der Waals surface area (Å²) in [5.74, 6) is 2.27. The monoisotopic (exact) mass is 380 g/mol. The predicted molar refractivity (Wildman–Crippen MR) is 105 cm³/mol. The van der Waals surface area contributed by atoms with Gasteiger partial charge in [-0.25, -0.2) is 0 Å². The highest BCUT2D eigenvalue weighted by atomic mass is 16.5. The zero-order chi connectivity index (χ0) is 19.9. The number of nitrogens with zero attached hydrogens (tertiary/aromatic N) is 1. The van der Waals surface area contributed by atoms with Crippen LogP contribution in [-0.2, 0) is 24.4 Å². The number of ether oxygens (including phenoxy) is 2. The van der Waals surface area contributed by atoms with Crippen LogP contribution < -0.4 is 14.8 Å². The van der Waals surface area contributed by atoms with E-state index in [0.717, 1.165) is 39.6 Å². The van der Waals surface area contributed by atoms with Crippen molar-refractivity contribution in [3.8, 4) is 11.5 Å². The number of aromatic nitrogens is 1. The largest absolute Gasteiger partial charge is 0.497 e. The Kier molecular flexibility index (Phi) is 6.32. The normalized spacial score (nSPS) is 10.5. The standard InChI is InChI=1S/C22H24N2O4/c1-15-21(16(2)28-24-15)14-27-20-10-4-17(5-11-20)12-22(25)23-13-18-6-8-19(26-3)9-7-18/h4-11H,12-14H2,1-3H3,(H,23,25). The van der Waals surface area contributed by atoms with E-state index in [0.29, 0.717) is 19.6 Å². The molecule has 0 bridgehead atoms. The second-order valence-corrected chi connectivity index (χ2v) is 6.54. The summed E-state index contributed by atoms with van der Waals surface area (Å²) in [5, 5.41) is 6.84. The van der Waals surface area contributed by atoms with Crippen LogP contribution in [0, 0.1) is 13.8 Å². The first kappa shape index (κ1) is 19.5. The third-order valence-electron chi connectivity index (χ3n) is 4.50. The first-order chi connectivity index (χ1) is 13.5. The van der Waals surface area contributed by atoms with E-state index in [1.54, 1.807) is 7.11 Å². The number of nitrogens with one attached hydrogen (secondary N) is 1. The third-order valence-corrected chi connectivity index (χ3v) is 4.50. The topological polar surface area (TPSA) is 73.6 Å². The molecular formula is C22H24N2O4. The number of methoxy groups -OCH3 is 1. The molecule has 0 fully saturated rings. The van der Waals surface area contributed by atoms with Crippen molar-refractivity contribution in [2.75, 3.05) is 7.11 Å². The molecule has 1 amide bonds. The zero-order valence-corrected chi connectivity index (χ0v) is 16.3. The fourth-order valence-corrected chi connectivity index (χ4v) is 2.76. The van der Waals surface area contributed by atoms with Gasteiger partial charge in [-0.05, 0) is 49.2 Å². The summed E-state index contributed by atoms with van der Waals surface area (Å²) in [6, 6.07) is 15.2. The average molecular weight is 380 g/mol. The molecule has 0 aliphatic heterocycles. The minimum absolute atomic E-state index is 0.0276. The van der Waals surface area contributed by atoms with Crippen LogP contribution in [-0.4, -0.2) is 18.2 Å². The third kappa shape index (κ3) is 5.13. The van der Waals surface area contributed by atoms with Crippen molar-refractivity contribution in [2.45, 2.75) is 33.4 Å². The Morgan fingerprint density at radius 3 is 2.25 bits per heavy atom.